The second-order valence-corrected chi connectivity index (χ2v) is 8.92. The quantitative estimate of drug-likeness (QED) is 0.379. The standard InChI is InChI=1S/C19H16I2N2O2S/c1-3-25-17-14(20)8-12(9-15(17)21)10-16-18(24)23-19(26-16)22-13-6-4-11(2)5-7-13/h4-10H,3H2,1-2H3,(H,22,23,24)/b16-10-. The van der Waals surface area contributed by atoms with Gasteiger partial charge in [-0.05, 0) is 107 Å². The fourth-order valence-corrected chi connectivity index (χ4v) is 5.28. The van der Waals surface area contributed by atoms with E-state index < -0.39 is 0 Å². The number of hydrogen-bond acceptors (Lipinski definition) is 4. The van der Waals surface area contributed by atoms with Crippen LogP contribution in [0.3, 0.4) is 0 Å². The van der Waals surface area contributed by atoms with E-state index in [0.29, 0.717) is 16.7 Å². The van der Waals surface area contributed by atoms with Gasteiger partial charge in [-0.15, -0.1) is 0 Å². The molecule has 1 aliphatic rings. The molecule has 1 fully saturated rings. The van der Waals surface area contributed by atoms with Gasteiger partial charge in [0.05, 0.1) is 24.3 Å². The zero-order valence-electron chi connectivity index (χ0n) is 14.2. The van der Waals surface area contributed by atoms with Crippen LogP contribution in [0.5, 0.6) is 5.75 Å². The molecule has 0 aromatic heterocycles. The molecule has 1 saturated heterocycles. The average Bonchev–Trinajstić information content (AvgIpc) is 2.92. The van der Waals surface area contributed by atoms with Gasteiger partial charge in [-0.3, -0.25) is 4.79 Å². The van der Waals surface area contributed by atoms with Crippen molar-refractivity contribution in [3.05, 3.63) is 59.6 Å². The molecule has 0 saturated carbocycles. The highest BCUT2D eigenvalue weighted by Gasteiger charge is 2.24. The molecule has 0 atom stereocenters. The predicted molar refractivity (Wildman–Crippen MR) is 125 cm³/mol. The van der Waals surface area contributed by atoms with E-state index in [-0.39, 0.29) is 5.91 Å². The minimum absolute atomic E-state index is 0.125. The zero-order chi connectivity index (χ0) is 18.7. The largest absolute Gasteiger partial charge is 0.492 e. The van der Waals surface area contributed by atoms with Crippen molar-refractivity contribution in [3.63, 3.8) is 0 Å². The van der Waals surface area contributed by atoms with Gasteiger partial charge in [-0.2, -0.15) is 0 Å². The van der Waals surface area contributed by atoms with Gasteiger partial charge < -0.3 is 10.1 Å². The molecule has 3 rings (SSSR count). The molecule has 0 bridgehead atoms. The molecule has 0 radical (unpaired) electrons. The number of nitrogens with one attached hydrogen (secondary N) is 1. The maximum Gasteiger partial charge on any atom is 0.264 e. The lowest BCUT2D eigenvalue weighted by molar-refractivity contribution is -0.115. The van der Waals surface area contributed by atoms with Crippen molar-refractivity contribution >= 4 is 79.8 Å². The van der Waals surface area contributed by atoms with Gasteiger partial charge in [0.2, 0.25) is 0 Å². The number of amidine groups is 1. The van der Waals surface area contributed by atoms with E-state index in [4.69, 9.17) is 4.74 Å². The molecular weight excluding hydrogens is 574 g/mol. The number of carbonyl (C=O) groups is 1. The maximum absolute atomic E-state index is 12.3. The van der Waals surface area contributed by atoms with Crippen LogP contribution >= 0.6 is 56.9 Å². The van der Waals surface area contributed by atoms with E-state index in [0.717, 1.165) is 24.1 Å². The van der Waals surface area contributed by atoms with E-state index in [2.05, 4.69) is 55.5 Å². The van der Waals surface area contributed by atoms with E-state index in [1.807, 2.05) is 56.3 Å². The Morgan fingerprint density at radius 3 is 2.46 bits per heavy atom. The smallest absolute Gasteiger partial charge is 0.264 e. The normalized spacial score (nSPS) is 17.0. The van der Waals surface area contributed by atoms with Crippen molar-refractivity contribution < 1.29 is 9.53 Å². The van der Waals surface area contributed by atoms with Crippen molar-refractivity contribution in [2.45, 2.75) is 13.8 Å². The third-order valence-corrected chi connectivity index (χ3v) is 6.03. The molecule has 2 aromatic rings. The van der Waals surface area contributed by atoms with Crippen LogP contribution in [0.4, 0.5) is 5.69 Å². The molecule has 7 heteroatoms. The highest BCUT2D eigenvalue weighted by molar-refractivity contribution is 14.1. The number of rotatable bonds is 4. The summed E-state index contributed by atoms with van der Waals surface area (Å²) in [5, 5.41) is 3.42. The Morgan fingerprint density at radius 1 is 1.19 bits per heavy atom. The maximum atomic E-state index is 12.3. The molecule has 26 heavy (non-hydrogen) atoms. The van der Waals surface area contributed by atoms with Crippen LogP contribution in [0.15, 0.2) is 46.3 Å². The van der Waals surface area contributed by atoms with Crippen molar-refractivity contribution in [1.29, 1.82) is 0 Å². The van der Waals surface area contributed by atoms with Crippen LogP contribution in [0.2, 0.25) is 0 Å². The molecule has 0 unspecified atom stereocenters. The number of ether oxygens (including phenoxy) is 1. The van der Waals surface area contributed by atoms with Gasteiger partial charge in [0, 0.05) is 0 Å². The number of nitrogens with zero attached hydrogens (tertiary/aromatic N) is 1. The van der Waals surface area contributed by atoms with Crippen molar-refractivity contribution in [1.82, 2.24) is 5.32 Å². The third kappa shape index (κ3) is 4.80. The molecule has 134 valence electrons. The fourth-order valence-electron chi connectivity index (χ4n) is 2.31. The number of benzene rings is 2. The third-order valence-electron chi connectivity index (χ3n) is 3.52. The van der Waals surface area contributed by atoms with Crippen LogP contribution < -0.4 is 10.1 Å². The van der Waals surface area contributed by atoms with Gasteiger partial charge in [0.1, 0.15) is 5.75 Å². The van der Waals surface area contributed by atoms with Gasteiger partial charge >= 0.3 is 0 Å². The summed E-state index contributed by atoms with van der Waals surface area (Å²) in [4.78, 5) is 17.4. The second kappa shape index (κ2) is 8.75. The zero-order valence-corrected chi connectivity index (χ0v) is 19.3. The summed E-state index contributed by atoms with van der Waals surface area (Å²) in [5.41, 5.74) is 2.97. The van der Waals surface area contributed by atoms with E-state index in [9.17, 15) is 4.79 Å². The number of carbonyl (C=O) groups excluding carboxylic acids is 1. The summed E-state index contributed by atoms with van der Waals surface area (Å²) in [7, 11) is 0. The topological polar surface area (TPSA) is 50.7 Å². The lowest BCUT2D eigenvalue weighted by Gasteiger charge is -2.09. The summed E-state index contributed by atoms with van der Waals surface area (Å²) in [6.45, 7) is 4.63. The van der Waals surface area contributed by atoms with Gasteiger partial charge in [0.25, 0.3) is 5.91 Å². The summed E-state index contributed by atoms with van der Waals surface area (Å²) in [6, 6.07) is 11.9. The Hall–Kier alpha value is -1.07. The molecule has 0 spiro atoms. The van der Waals surface area contributed by atoms with Crippen LogP contribution in [-0.4, -0.2) is 17.7 Å². The molecule has 4 nitrogen and oxygen atoms in total. The van der Waals surface area contributed by atoms with Crippen LogP contribution in [-0.2, 0) is 4.79 Å². The minimum Gasteiger partial charge on any atom is -0.492 e. The molecular formula is C19H16I2N2O2S. The first kappa shape index (κ1) is 19.7. The monoisotopic (exact) mass is 590 g/mol. The van der Waals surface area contributed by atoms with E-state index >= 15 is 0 Å². The van der Waals surface area contributed by atoms with Crippen LogP contribution in [0.25, 0.3) is 6.08 Å². The molecule has 1 amide bonds. The number of amides is 1. The number of aliphatic imine (C=N–C) groups is 1. The predicted octanol–water partition coefficient (Wildman–Crippen LogP) is 5.49. The van der Waals surface area contributed by atoms with Crippen molar-refractivity contribution in [2.24, 2.45) is 4.99 Å². The Bertz CT molecular complexity index is 885. The molecule has 1 heterocycles. The summed E-state index contributed by atoms with van der Waals surface area (Å²) >= 11 is 5.87. The second-order valence-electron chi connectivity index (χ2n) is 5.56. The van der Waals surface area contributed by atoms with Gasteiger partial charge in [-0.1, -0.05) is 17.7 Å². The number of hydrogen-bond donors (Lipinski definition) is 1. The molecule has 1 aliphatic heterocycles. The van der Waals surface area contributed by atoms with Crippen molar-refractivity contribution in [3.8, 4) is 5.75 Å². The first-order valence-electron chi connectivity index (χ1n) is 7.94. The highest BCUT2D eigenvalue weighted by atomic mass is 127. The molecule has 1 N–H and O–H groups in total. The van der Waals surface area contributed by atoms with Crippen molar-refractivity contribution in [2.75, 3.05) is 6.61 Å². The fraction of sp³-hybridized carbons (Fsp3) is 0.158. The van der Waals surface area contributed by atoms with E-state index in [1.165, 1.54) is 17.3 Å². The first-order chi connectivity index (χ1) is 12.5. The Kier molecular flexibility index (Phi) is 6.62. The van der Waals surface area contributed by atoms with Crippen LogP contribution in [0, 0.1) is 14.1 Å². The number of thioether (sulfide) groups is 1. The van der Waals surface area contributed by atoms with E-state index in [1.54, 1.807) is 0 Å². The summed E-state index contributed by atoms with van der Waals surface area (Å²) in [6.07, 6.45) is 1.89. The number of halogens is 2. The van der Waals surface area contributed by atoms with Crippen LogP contribution in [0.1, 0.15) is 18.1 Å². The summed E-state index contributed by atoms with van der Waals surface area (Å²) < 4.78 is 7.72. The Balaban J connectivity index is 1.84. The number of aryl methyl sites for hydroxylation is 1. The average molecular weight is 590 g/mol. The highest BCUT2D eigenvalue weighted by Crippen LogP contribution is 2.32. The lowest BCUT2D eigenvalue weighted by atomic mass is 10.2. The lowest BCUT2D eigenvalue weighted by Crippen LogP contribution is -2.19. The Labute approximate surface area is 184 Å². The van der Waals surface area contributed by atoms with Gasteiger partial charge in [0.15, 0.2) is 5.17 Å². The van der Waals surface area contributed by atoms with Gasteiger partial charge in [-0.25, -0.2) is 4.99 Å². The SMILES string of the molecule is CCOc1c(I)cc(/C=C2\SC(=Nc3ccc(C)cc3)NC2=O)cc1I. The molecule has 2 aromatic carbocycles. The Morgan fingerprint density at radius 2 is 1.85 bits per heavy atom. The minimum atomic E-state index is -0.125. The molecule has 0 aliphatic carbocycles. The first-order valence-corrected chi connectivity index (χ1v) is 10.9. The summed E-state index contributed by atoms with van der Waals surface area (Å²) in [5.74, 6) is 0.765.